The molecule has 3 N–H and O–H groups in total. The van der Waals surface area contributed by atoms with Crippen molar-refractivity contribution in [1.82, 2.24) is 4.98 Å². The third kappa shape index (κ3) is 3.80. The number of nitrogens with zero attached hydrogens (tertiary/aromatic N) is 1. The lowest BCUT2D eigenvalue weighted by Gasteiger charge is -2.10. The van der Waals surface area contributed by atoms with Crippen molar-refractivity contribution in [3.63, 3.8) is 0 Å². The van der Waals surface area contributed by atoms with Crippen LogP contribution in [0.25, 0.3) is 0 Å². The van der Waals surface area contributed by atoms with Crippen molar-refractivity contribution in [3.8, 4) is 0 Å². The van der Waals surface area contributed by atoms with Crippen LogP contribution in [0.2, 0.25) is 0 Å². The summed E-state index contributed by atoms with van der Waals surface area (Å²) in [6.07, 6.45) is 1.31. The van der Waals surface area contributed by atoms with Gasteiger partial charge in [-0.25, -0.2) is 8.42 Å². The van der Waals surface area contributed by atoms with Gasteiger partial charge in [0.05, 0.1) is 5.69 Å². The molecule has 1 heterocycles. The third-order valence-electron chi connectivity index (χ3n) is 3.15. The second kappa shape index (κ2) is 6.24. The number of hydrogen-bond acceptors (Lipinski definition) is 4. The van der Waals surface area contributed by atoms with Gasteiger partial charge >= 0.3 is 0 Å². The van der Waals surface area contributed by atoms with Crippen LogP contribution < -0.4 is 10.5 Å². The largest absolute Gasteiger partial charge is 0.325 e. The van der Waals surface area contributed by atoms with Crippen molar-refractivity contribution in [2.45, 2.75) is 31.2 Å². The Labute approximate surface area is 125 Å². The highest BCUT2D eigenvalue weighted by atomic mass is 32.2. The molecule has 0 radical (unpaired) electrons. The number of nitrogens with one attached hydrogen (secondary N) is 1. The molecule has 112 valence electrons. The first kappa shape index (κ1) is 15.5. The average molecular weight is 305 g/mol. The predicted octanol–water partition coefficient (Wildman–Crippen LogP) is 2.46. The highest BCUT2D eigenvalue weighted by molar-refractivity contribution is 7.92. The van der Waals surface area contributed by atoms with Gasteiger partial charge in [0.25, 0.3) is 10.0 Å². The molecule has 1 aromatic heterocycles. The Morgan fingerprint density at radius 1 is 1.14 bits per heavy atom. The van der Waals surface area contributed by atoms with Crippen LogP contribution >= 0.6 is 0 Å². The predicted molar refractivity (Wildman–Crippen MR) is 83.5 cm³/mol. The van der Waals surface area contributed by atoms with Crippen molar-refractivity contribution in [2.75, 3.05) is 4.72 Å². The summed E-state index contributed by atoms with van der Waals surface area (Å²) >= 11 is 0. The van der Waals surface area contributed by atoms with Crippen LogP contribution in [0.3, 0.4) is 0 Å². The maximum atomic E-state index is 12.2. The molecule has 2 rings (SSSR count). The number of hydrogen-bond donors (Lipinski definition) is 2. The maximum absolute atomic E-state index is 12.2. The van der Waals surface area contributed by atoms with Gasteiger partial charge in [-0.1, -0.05) is 26.0 Å². The van der Waals surface area contributed by atoms with Crippen molar-refractivity contribution in [3.05, 3.63) is 53.9 Å². The topological polar surface area (TPSA) is 85.1 Å². The van der Waals surface area contributed by atoms with Gasteiger partial charge in [0.2, 0.25) is 0 Å². The SMILES string of the molecule is CC(C)c1ccc(NS(=O)(=O)c2ccc(CN)nc2)cc1. The van der Waals surface area contributed by atoms with E-state index in [2.05, 4.69) is 23.6 Å². The Bertz CT molecular complexity index is 693. The molecular weight excluding hydrogens is 286 g/mol. The van der Waals surface area contributed by atoms with Gasteiger partial charge in [0.1, 0.15) is 4.90 Å². The van der Waals surface area contributed by atoms with Gasteiger partial charge in [0.15, 0.2) is 0 Å². The Balaban J connectivity index is 2.19. The molecule has 0 spiro atoms. The Hall–Kier alpha value is -1.92. The smallest absolute Gasteiger partial charge is 0.263 e. The fraction of sp³-hybridized carbons (Fsp3) is 0.267. The quantitative estimate of drug-likeness (QED) is 0.888. The molecule has 0 amide bonds. The van der Waals surface area contributed by atoms with Crippen LogP contribution in [0.4, 0.5) is 5.69 Å². The van der Waals surface area contributed by atoms with E-state index in [9.17, 15) is 8.42 Å². The van der Waals surface area contributed by atoms with E-state index in [0.717, 1.165) is 5.56 Å². The molecule has 5 nitrogen and oxygen atoms in total. The van der Waals surface area contributed by atoms with Gasteiger partial charge in [-0.15, -0.1) is 0 Å². The number of benzene rings is 1. The molecular formula is C15H19N3O2S. The molecule has 0 unspecified atom stereocenters. The zero-order chi connectivity index (χ0) is 15.5. The number of sulfonamides is 1. The van der Waals surface area contributed by atoms with E-state index in [-0.39, 0.29) is 11.4 Å². The Morgan fingerprint density at radius 3 is 2.29 bits per heavy atom. The molecule has 0 atom stereocenters. The first-order valence-corrected chi connectivity index (χ1v) is 8.18. The molecule has 0 bridgehead atoms. The molecule has 0 fully saturated rings. The van der Waals surface area contributed by atoms with Crippen molar-refractivity contribution >= 4 is 15.7 Å². The first-order valence-electron chi connectivity index (χ1n) is 6.70. The summed E-state index contributed by atoms with van der Waals surface area (Å²) < 4.78 is 27.0. The fourth-order valence-corrected chi connectivity index (χ4v) is 2.84. The van der Waals surface area contributed by atoms with E-state index in [1.807, 2.05) is 12.1 Å². The maximum Gasteiger partial charge on any atom is 0.263 e. The summed E-state index contributed by atoms with van der Waals surface area (Å²) in [7, 11) is -3.62. The minimum Gasteiger partial charge on any atom is -0.325 e. The van der Waals surface area contributed by atoms with E-state index in [1.165, 1.54) is 12.3 Å². The monoisotopic (exact) mass is 305 g/mol. The zero-order valence-electron chi connectivity index (χ0n) is 12.1. The van der Waals surface area contributed by atoms with Crippen LogP contribution in [0, 0.1) is 0 Å². The minimum atomic E-state index is -3.62. The standard InChI is InChI=1S/C15H19N3O2S/c1-11(2)12-3-5-13(6-4-12)18-21(19,20)15-8-7-14(9-16)17-10-15/h3-8,10-11,18H,9,16H2,1-2H3. The Kier molecular flexibility index (Phi) is 4.59. The van der Waals surface area contributed by atoms with Gasteiger partial charge < -0.3 is 5.73 Å². The van der Waals surface area contributed by atoms with Crippen LogP contribution in [-0.4, -0.2) is 13.4 Å². The molecule has 21 heavy (non-hydrogen) atoms. The van der Waals surface area contributed by atoms with Crippen molar-refractivity contribution in [1.29, 1.82) is 0 Å². The zero-order valence-corrected chi connectivity index (χ0v) is 12.9. The van der Waals surface area contributed by atoms with Crippen molar-refractivity contribution in [2.24, 2.45) is 5.73 Å². The summed E-state index contributed by atoms with van der Waals surface area (Å²) in [4.78, 5) is 4.12. The first-order chi connectivity index (χ1) is 9.92. The second-order valence-corrected chi connectivity index (χ2v) is 6.75. The highest BCUT2D eigenvalue weighted by Gasteiger charge is 2.14. The summed E-state index contributed by atoms with van der Waals surface area (Å²) in [5, 5.41) is 0. The number of pyridine rings is 1. The highest BCUT2D eigenvalue weighted by Crippen LogP contribution is 2.19. The number of anilines is 1. The van der Waals surface area contributed by atoms with Gasteiger partial charge in [-0.3, -0.25) is 9.71 Å². The number of nitrogens with two attached hydrogens (primary N) is 1. The molecule has 6 heteroatoms. The van der Waals surface area contributed by atoms with E-state index in [0.29, 0.717) is 17.3 Å². The van der Waals surface area contributed by atoms with Gasteiger partial charge in [-0.05, 0) is 35.7 Å². The lowest BCUT2D eigenvalue weighted by Crippen LogP contribution is -2.13. The molecule has 0 saturated carbocycles. The average Bonchev–Trinajstić information content (AvgIpc) is 2.47. The summed E-state index contributed by atoms with van der Waals surface area (Å²) in [6, 6.07) is 10.5. The molecule has 0 saturated heterocycles. The van der Waals surface area contributed by atoms with Crippen LogP contribution in [0.5, 0.6) is 0 Å². The molecule has 2 aromatic rings. The summed E-state index contributed by atoms with van der Waals surface area (Å²) in [5.74, 6) is 0.406. The fourth-order valence-electron chi connectivity index (χ4n) is 1.84. The van der Waals surface area contributed by atoms with Crippen molar-refractivity contribution < 1.29 is 8.42 Å². The van der Waals surface area contributed by atoms with Crippen LogP contribution in [0.1, 0.15) is 31.0 Å². The third-order valence-corrected chi connectivity index (χ3v) is 4.51. The van der Waals surface area contributed by atoms with E-state index in [1.54, 1.807) is 18.2 Å². The molecule has 0 aliphatic carbocycles. The van der Waals surface area contributed by atoms with E-state index < -0.39 is 10.0 Å². The minimum absolute atomic E-state index is 0.118. The lowest BCUT2D eigenvalue weighted by molar-refractivity contribution is 0.600. The molecule has 1 aromatic carbocycles. The van der Waals surface area contributed by atoms with E-state index in [4.69, 9.17) is 5.73 Å². The second-order valence-electron chi connectivity index (χ2n) is 5.07. The summed E-state index contributed by atoms with van der Waals surface area (Å²) in [5.41, 5.74) is 7.78. The summed E-state index contributed by atoms with van der Waals surface area (Å²) in [6.45, 7) is 4.46. The number of aromatic nitrogens is 1. The molecule has 0 aliphatic rings. The van der Waals surface area contributed by atoms with Gasteiger partial charge in [-0.2, -0.15) is 0 Å². The van der Waals surface area contributed by atoms with E-state index >= 15 is 0 Å². The number of rotatable bonds is 5. The normalized spacial score (nSPS) is 11.6. The van der Waals surface area contributed by atoms with Crippen LogP contribution in [-0.2, 0) is 16.6 Å². The Morgan fingerprint density at radius 2 is 1.81 bits per heavy atom. The van der Waals surface area contributed by atoms with Gasteiger partial charge in [0, 0.05) is 18.4 Å². The molecule has 0 aliphatic heterocycles. The van der Waals surface area contributed by atoms with Crippen LogP contribution in [0.15, 0.2) is 47.5 Å². The lowest BCUT2D eigenvalue weighted by atomic mass is 10.0.